The molecule has 0 saturated heterocycles. The Hall–Kier alpha value is -0.330. The van der Waals surface area contributed by atoms with Crippen molar-refractivity contribution in [2.75, 3.05) is 0 Å². The highest BCUT2D eigenvalue weighted by Crippen LogP contribution is 2.32. The van der Waals surface area contributed by atoms with Crippen molar-refractivity contribution in [2.24, 2.45) is 0 Å². The predicted octanol–water partition coefficient (Wildman–Crippen LogP) is 3.23. The van der Waals surface area contributed by atoms with Gasteiger partial charge in [0.25, 0.3) is 0 Å². The third kappa shape index (κ3) is 1.83. The Morgan fingerprint density at radius 1 is 1.20 bits per heavy atom. The van der Waals surface area contributed by atoms with Gasteiger partial charge in [0.15, 0.2) is 0 Å². The quantitative estimate of drug-likeness (QED) is 0.493. The summed E-state index contributed by atoms with van der Waals surface area (Å²) in [5.41, 5.74) is -0.951. The Morgan fingerprint density at radius 3 is 2.30 bits per heavy atom. The first-order valence-corrected chi connectivity index (χ1v) is 4.10. The van der Waals surface area contributed by atoms with E-state index in [4.69, 9.17) is 0 Å². The fourth-order valence-corrected chi connectivity index (χ4v) is 1.60. The number of rotatable bonds is 1. The molecule has 0 aromatic heterocycles. The minimum Gasteiger partial charge on any atom is -0.239 e. The smallest absolute Gasteiger partial charge is 0.129 e. The third-order valence-corrected chi connectivity index (χ3v) is 2.15. The second kappa shape index (κ2) is 3.18. The van der Waals surface area contributed by atoms with Gasteiger partial charge in [-0.25, -0.2) is 4.39 Å². The average molecular weight is 142 g/mol. The van der Waals surface area contributed by atoms with Crippen LogP contribution in [-0.4, -0.2) is 5.67 Å². The SMILES string of the molecule is C/C=C/C1(F)CCCCC1. The third-order valence-electron chi connectivity index (χ3n) is 2.15. The first-order valence-electron chi connectivity index (χ1n) is 4.10. The van der Waals surface area contributed by atoms with Crippen molar-refractivity contribution in [2.45, 2.75) is 44.7 Å². The summed E-state index contributed by atoms with van der Waals surface area (Å²) in [4.78, 5) is 0. The Kier molecular flexibility index (Phi) is 2.47. The molecule has 1 heteroatoms. The molecule has 10 heavy (non-hydrogen) atoms. The molecule has 0 N–H and O–H groups in total. The van der Waals surface area contributed by atoms with Crippen LogP contribution in [0.5, 0.6) is 0 Å². The molecule has 0 aliphatic heterocycles. The monoisotopic (exact) mass is 142 g/mol. The minimum absolute atomic E-state index is 0.733. The summed E-state index contributed by atoms with van der Waals surface area (Å²) in [5, 5.41) is 0. The average Bonchev–Trinajstić information content (AvgIpc) is 1.89. The van der Waals surface area contributed by atoms with Gasteiger partial charge in [-0.05, 0) is 32.6 Å². The van der Waals surface area contributed by atoms with Gasteiger partial charge in [-0.15, -0.1) is 0 Å². The van der Waals surface area contributed by atoms with Crippen molar-refractivity contribution in [3.63, 3.8) is 0 Å². The van der Waals surface area contributed by atoms with E-state index in [1.54, 1.807) is 6.08 Å². The molecule has 1 aliphatic carbocycles. The van der Waals surface area contributed by atoms with E-state index in [9.17, 15) is 4.39 Å². The zero-order valence-corrected chi connectivity index (χ0v) is 6.57. The van der Waals surface area contributed by atoms with Gasteiger partial charge in [0.1, 0.15) is 5.67 Å². The molecule has 0 radical (unpaired) electrons. The van der Waals surface area contributed by atoms with Crippen molar-refractivity contribution in [1.29, 1.82) is 0 Å². The molecule has 1 rings (SSSR count). The summed E-state index contributed by atoms with van der Waals surface area (Å²) in [5.74, 6) is 0. The van der Waals surface area contributed by atoms with Crippen LogP contribution in [-0.2, 0) is 0 Å². The van der Waals surface area contributed by atoms with E-state index in [2.05, 4.69) is 0 Å². The Bertz CT molecular complexity index is 121. The second-order valence-electron chi connectivity index (χ2n) is 3.10. The van der Waals surface area contributed by atoms with Crippen LogP contribution in [0.15, 0.2) is 12.2 Å². The molecule has 0 amide bonds. The number of hydrogen-bond acceptors (Lipinski definition) is 0. The van der Waals surface area contributed by atoms with Gasteiger partial charge in [0, 0.05) is 0 Å². The molecule has 58 valence electrons. The number of alkyl halides is 1. The molecule has 0 aromatic rings. The summed E-state index contributed by atoms with van der Waals surface area (Å²) < 4.78 is 13.5. The Labute approximate surface area is 62.1 Å². The fraction of sp³-hybridized carbons (Fsp3) is 0.778. The van der Waals surface area contributed by atoms with Crippen LogP contribution < -0.4 is 0 Å². The van der Waals surface area contributed by atoms with Crippen LogP contribution in [0.25, 0.3) is 0 Å². The van der Waals surface area contributed by atoms with E-state index in [0.717, 1.165) is 25.7 Å². The van der Waals surface area contributed by atoms with Crippen LogP contribution in [0.1, 0.15) is 39.0 Å². The first kappa shape index (κ1) is 7.77. The van der Waals surface area contributed by atoms with Gasteiger partial charge >= 0.3 is 0 Å². The van der Waals surface area contributed by atoms with E-state index in [1.165, 1.54) is 6.42 Å². The maximum absolute atomic E-state index is 13.5. The lowest BCUT2D eigenvalue weighted by Crippen LogP contribution is -2.22. The molecular formula is C9H15F. The Balaban J connectivity index is 2.48. The largest absolute Gasteiger partial charge is 0.239 e. The van der Waals surface area contributed by atoms with Crippen molar-refractivity contribution in [1.82, 2.24) is 0 Å². The summed E-state index contributed by atoms with van der Waals surface area (Å²) >= 11 is 0. The lowest BCUT2D eigenvalue weighted by molar-refractivity contribution is 0.163. The molecule has 0 spiro atoms. The highest BCUT2D eigenvalue weighted by molar-refractivity contribution is 5.01. The fourth-order valence-electron chi connectivity index (χ4n) is 1.60. The number of halogens is 1. The molecule has 0 unspecified atom stereocenters. The highest BCUT2D eigenvalue weighted by atomic mass is 19.1. The van der Waals surface area contributed by atoms with Crippen molar-refractivity contribution in [3.05, 3.63) is 12.2 Å². The summed E-state index contributed by atoms with van der Waals surface area (Å²) in [6.45, 7) is 1.88. The predicted molar refractivity (Wildman–Crippen MR) is 41.7 cm³/mol. The van der Waals surface area contributed by atoms with Gasteiger partial charge in [-0.1, -0.05) is 18.6 Å². The second-order valence-corrected chi connectivity index (χ2v) is 3.10. The van der Waals surface area contributed by atoms with Gasteiger partial charge < -0.3 is 0 Å². The molecule has 1 fully saturated rings. The maximum atomic E-state index is 13.5. The Morgan fingerprint density at radius 2 is 1.80 bits per heavy atom. The number of hydrogen-bond donors (Lipinski definition) is 0. The van der Waals surface area contributed by atoms with Crippen LogP contribution in [0.4, 0.5) is 4.39 Å². The minimum atomic E-state index is -0.951. The molecule has 1 aliphatic rings. The van der Waals surface area contributed by atoms with Gasteiger partial charge in [0.2, 0.25) is 0 Å². The van der Waals surface area contributed by atoms with Gasteiger partial charge in [-0.3, -0.25) is 0 Å². The normalized spacial score (nSPS) is 25.4. The van der Waals surface area contributed by atoms with E-state index in [-0.39, 0.29) is 0 Å². The summed E-state index contributed by atoms with van der Waals surface area (Å²) in [7, 11) is 0. The molecule has 0 aromatic carbocycles. The van der Waals surface area contributed by atoms with E-state index in [1.807, 2.05) is 13.0 Å². The molecular weight excluding hydrogens is 127 g/mol. The summed E-state index contributed by atoms with van der Waals surface area (Å²) in [6.07, 6.45) is 8.33. The highest BCUT2D eigenvalue weighted by Gasteiger charge is 2.27. The molecule has 0 nitrogen and oxygen atoms in total. The van der Waals surface area contributed by atoms with Gasteiger partial charge in [0.05, 0.1) is 0 Å². The van der Waals surface area contributed by atoms with E-state index < -0.39 is 5.67 Å². The topological polar surface area (TPSA) is 0 Å². The van der Waals surface area contributed by atoms with Crippen LogP contribution in [0.2, 0.25) is 0 Å². The van der Waals surface area contributed by atoms with Crippen molar-refractivity contribution >= 4 is 0 Å². The molecule has 0 heterocycles. The van der Waals surface area contributed by atoms with Crippen LogP contribution >= 0.6 is 0 Å². The lowest BCUT2D eigenvalue weighted by atomic mass is 9.86. The first-order chi connectivity index (χ1) is 4.77. The van der Waals surface area contributed by atoms with Crippen LogP contribution in [0, 0.1) is 0 Å². The van der Waals surface area contributed by atoms with E-state index in [0.29, 0.717) is 0 Å². The zero-order valence-electron chi connectivity index (χ0n) is 6.57. The lowest BCUT2D eigenvalue weighted by Gasteiger charge is -2.25. The maximum Gasteiger partial charge on any atom is 0.129 e. The molecule has 1 saturated carbocycles. The zero-order chi connectivity index (χ0) is 7.45. The van der Waals surface area contributed by atoms with E-state index >= 15 is 0 Å². The standard InChI is InChI=1S/C9H15F/c1-2-6-9(10)7-4-3-5-8-9/h2,6H,3-5,7-8H2,1H3/b6-2+. The van der Waals surface area contributed by atoms with Crippen LogP contribution in [0.3, 0.4) is 0 Å². The van der Waals surface area contributed by atoms with Crippen molar-refractivity contribution in [3.8, 4) is 0 Å². The molecule has 0 bridgehead atoms. The molecule has 0 atom stereocenters. The van der Waals surface area contributed by atoms with Gasteiger partial charge in [-0.2, -0.15) is 0 Å². The van der Waals surface area contributed by atoms with Crippen molar-refractivity contribution < 1.29 is 4.39 Å². The summed E-state index contributed by atoms with van der Waals surface area (Å²) in [6, 6.07) is 0. The number of allylic oxidation sites excluding steroid dienone is 2.